The summed E-state index contributed by atoms with van der Waals surface area (Å²) < 4.78 is 15.7. The average molecular weight is 253 g/mol. The summed E-state index contributed by atoms with van der Waals surface area (Å²) in [5.74, 6) is -1.26. The van der Waals surface area contributed by atoms with Crippen molar-refractivity contribution in [3.8, 4) is 0 Å². The maximum atomic E-state index is 10.8. The van der Waals surface area contributed by atoms with E-state index in [4.69, 9.17) is 25.4 Å². The summed E-state index contributed by atoms with van der Waals surface area (Å²) in [6.45, 7) is 2.04. The molecule has 0 aromatic heterocycles. The molecule has 8 heteroatoms. The van der Waals surface area contributed by atoms with Crippen molar-refractivity contribution in [2.75, 3.05) is 19.4 Å². The van der Waals surface area contributed by atoms with Gasteiger partial charge in [0.2, 0.25) is 0 Å². The molecule has 5 N–H and O–H groups in total. The third-order valence-electron chi connectivity index (χ3n) is 1.60. The first kappa shape index (κ1) is 15.3. The van der Waals surface area contributed by atoms with E-state index in [1.54, 1.807) is 6.92 Å². The molecule has 0 aliphatic carbocycles. The van der Waals surface area contributed by atoms with Gasteiger partial charge in [0.05, 0.1) is 12.8 Å². The van der Waals surface area contributed by atoms with Crippen LogP contribution in [-0.2, 0) is 14.1 Å². The highest BCUT2D eigenvalue weighted by molar-refractivity contribution is 7.52. The largest absolute Gasteiger partial charge is 0.480 e. The molecule has 1 atom stereocenters. The van der Waals surface area contributed by atoms with Crippen molar-refractivity contribution in [1.82, 2.24) is 0 Å². The zero-order valence-electron chi connectivity index (χ0n) is 8.87. The van der Waals surface area contributed by atoms with Crippen molar-refractivity contribution in [2.24, 2.45) is 5.73 Å². The second kappa shape index (κ2) is 6.78. The summed E-state index contributed by atoms with van der Waals surface area (Å²) in [6, 6.07) is -1.29. The molecule has 0 heterocycles. The van der Waals surface area contributed by atoms with Crippen LogP contribution in [0, 0.1) is 0 Å². The van der Waals surface area contributed by atoms with E-state index in [0.29, 0.717) is 6.61 Å². The van der Waals surface area contributed by atoms with Crippen molar-refractivity contribution in [2.45, 2.75) is 13.0 Å². The van der Waals surface area contributed by atoms with Crippen molar-refractivity contribution in [3.05, 3.63) is 11.6 Å². The summed E-state index contributed by atoms with van der Waals surface area (Å²) in [6.07, 6.45) is 0.547. The van der Waals surface area contributed by atoms with Gasteiger partial charge in [-0.05, 0) is 12.5 Å². The summed E-state index contributed by atoms with van der Waals surface area (Å²) in [5.41, 5.74) is 5.41. The summed E-state index contributed by atoms with van der Waals surface area (Å²) >= 11 is 0. The van der Waals surface area contributed by atoms with Crippen LogP contribution < -0.4 is 5.73 Å². The molecule has 0 spiro atoms. The van der Waals surface area contributed by atoms with Crippen molar-refractivity contribution < 1.29 is 29.0 Å². The number of aliphatic carboxylic acids is 1. The summed E-state index contributed by atoms with van der Waals surface area (Å²) in [7, 11) is -4.25. The van der Waals surface area contributed by atoms with Gasteiger partial charge in [0.15, 0.2) is 0 Å². The van der Waals surface area contributed by atoms with E-state index < -0.39 is 25.8 Å². The minimum atomic E-state index is -4.25. The lowest BCUT2D eigenvalue weighted by molar-refractivity contribution is -0.137. The van der Waals surface area contributed by atoms with E-state index in [2.05, 4.69) is 0 Å². The summed E-state index contributed by atoms with van der Waals surface area (Å²) in [4.78, 5) is 28.0. The van der Waals surface area contributed by atoms with Gasteiger partial charge in [0.1, 0.15) is 6.04 Å². The first-order valence-electron chi connectivity index (χ1n) is 4.56. The molecule has 94 valence electrons. The Morgan fingerprint density at radius 3 is 2.50 bits per heavy atom. The maximum absolute atomic E-state index is 10.8. The van der Waals surface area contributed by atoms with Gasteiger partial charge in [-0.1, -0.05) is 6.08 Å². The van der Waals surface area contributed by atoms with Crippen LogP contribution in [0.25, 0.3) is 0 Å². The van der Waals surface area contributed by atoms with Crippen LogP contribution in [0.5, 0.6) is 0 Å². The molecule has 0 aliphatic heterocycles. The topological polar surface area (TPSA) is 130 Å². The average Bonchev–Trinajstić information content (AvgIpc) is 2.11. The lowest BCUT2D eigenvalue weighted by Crippen LogP contribution is -2.28. The predicted molar refractivity (Wildman–Crippen MR) is 57.1 cm³/mol. The van der Waals surface area contributed by atoms with Gasteiger partial charge in [-0.3, -0.25) is 9.36 Å². The van der Waals surface area contributed by atoms with Crippen LogP contribution in [0.3, 0.4) is 0 Å². The number of ether oxygens (including phenoxy) is 1. The van der Waals surface area contributed by atoms with Crippen LogP contribution in [0.15, 0.2) is 11.6 Å². The quantitative estimate of drug-likeness (QED) is 0.356. The fraction of sp³-hybridized carbons (Fsp3) is 0.625. The minimum Gasteiger partial charge on any atom is -0.480 e. The highest BCUT2D eigenvalue weighted by Crippen LogP contribution is 2.36. The molecule has 0 bridgehead atoms. The Bertz CT molecular complexity index is 310. The second-order valence-corrected chi connectivity index (χ2v) is 4.79. The molecular formula is C8H16NO6P. The molecule has 0 fully saturated rings. The van der Waals surface area contributed by atoms with E-state index in [0.717, 1.165) is 6.08 Å². The highest BCUT2D eigenvalue weighted by Gasteiger charge is 2.18. The first-order chi connectivity index (χ1) is 7.26. The van der Waals surface area contributed by atoms with Crippen LogP contribution >= 0.6 is 7.60 Å². The van der Waals surface area contributed by atoms with Crippen molar-refractivity contribution >= 4 is 13.6 Å². The number of carboxylic acids is 1. The van der Waals surface area contributed by atoms with Crippen LogP contribution in [0.2, 0.25) is 0 Å². The van der Waals surface area contributed by atoms with E-state index in [1.807, 2.05) is 0 Å². The van der Waals surface area contributed by atoms with Gasteiger partial charge >= 0.3 is 13.6 Å². The number of hydrogen-bond donors (Lipinski definition) is 4. The Hall–Kier alpha value is -0.720. The molecule has 1 unspecified atom stereocenters. The number of hydrogen-bond acceptors (Lipinski definition) is 4. The molecule has 0 rings (SSSR count). The molecule has 0 aromatic carbocycles. The van der Waals surface area contributed by atoms with Crippen LogP contribution in [0.4, 0.5) is 0 Å². The normalized spacial score (nSPS) is 14.9. The highest BCUT2D eigenvalue weighted by atomic mass is 31.2. The third kappa shape index (κ3) is 7.56. The second-order valence-electron chi connectivity index (χ2n) is 3.15. The fourth-order valence-electron chi connectivity index (χ4n) is 0.969. The van der Waals surface area contributed by atoms with Gasteiger partial charge in [-0.25, -0.2) is 0 Å². The van der Waals surface area contributed by atoms with Gasteiger partial charge in [0, 0.05) is 6.61 Å². The third-order valence-corrected chi connectivity index (χ3v) is 2.42. The number of carboxylic acid groups (broad SMARTS) is 1. The van der Waals surface area contributed by atoms with Gasteiger partial charge < -0.3 is 25.4 Å². The molecule has 0 aliphatic rings. The maximum Gasteiger partial charge on any atom is 0.329 e. The predicted octanol–water partition coefficient (Wildman–Crippen LogP) is -0.461. The molecule has 0 radical (unpaired) electrons. The summed E-state index contributed by atoms with van der Waals surface area (Å²) in [5, 5.41) is 8.55. The molecule has 0 aromatic rings. The minimum absolute atomic E-state index is 0.0391. The van der Waals surface area contributed by atoms with Crippen LogP contribution in [0.1, 0.15) is 6.92 Å². The Labute approximate surface area is 93.1 Å². The zero-order chi connectivity index (χ0) is 12.8. The van der Waals surface area contributed by atoms with Gasteiger partial charge in [-0.15, -0.1) is 0 Å². The molecule has 0 amide bonds. The Kier molecular flexibility index (Phi) is 6.47. The lowest BCUT2D eigenvalue weighted by atomic mass is 10.2. The molecule has 16 heavy (non-hydrogen) atoms. The van der Waals surface area contributed by atoms with Crippen molar-refractivity contribution in [3.63, 3.8) is 0 Å². The number of carbonyl (C=O) groups is 1. The van der Waals surface area contributed by atoms with E-state index >= 15 is 0 Å². The zero-order valence-corrected chi connectivity index (χ0v) is 9.76. The molecule has 0 saturated carbocycles. The smallest absolute Gasteiger partial charge is 0.329 e. The lowest BCUT2D eigenvalue weighted by Gasteiger charge is -2.10. The number of nitrogens with two attached hydrogens (primary N) is 1. The molecule has 0 saturated heterocycles. The molecule has 7 nitrogen and oxygen atoms in total. The van der Waals surface area contributed by atoms with Gasteiger partial charge in [0.25, 0.3) is 0 Å². The van der Waals surface area contributed by atoms with E-state index in [1.165, 1.54) is 0 Å². The Balaban J connectivity index is 4.65. The Morgan fingerprint density at radius 2 is 2.12 bits per heavy atom. The standard InChI is InChI=1S/C8H16NO6P/c1-2-15-4-6(5-16(12,13)14)3-7(9)8(10)11/h3,7H,2,4-5,9H2,1H3,(H,10,11)(H2,12,13,14). The monoisotopic (exact) mass is 253 g/mol. The fourth-order valence-corrected chi connectivity index (χ4v) is 1.70. The van der Waals surface area contributed by atoms with E-state index in [-0.39, 0.29) is 12.2 Å². The Morgan fingerprint density at radius 1 is 1.56 bits per heavy atom. The van der Waals surface area contributed by atoms with Crippen LogP contribution in [-0.4, -0.2) is 46.3 Å². The van der Waals surface area contributed by atoms with E-state index in [9.17, 15) is 9.36 Å². The first-order valence-corrected chi connectivity index (χ1v) is 6.36. The molecular weight excluding hydrogens is 237 g/mol. The van der Waals surface area contributed by atoms with Crippen molar-refractivity contribution in [1.29, 1.82) is 0 Å². The van der Waals surface area contributed by atoms with Gasteiger partial charge in [-0.2, -0.15) is 0 Å². The number of rotatable bonds is 7. The SMILES string of the molecule is CCOCC(=CC(N)C(=O)O)CP(=O)(O)O.